The van der Waals surface area contributed by atoms with Crippen LogP contribution in [0.2, 0.25) is 0 Å². The van der Waals surface area contributed by atoms with E-state index in [-0.39, 0.29) is 5.97 Å². The average molecular weight is 167 g/mol. The summed E-state index contributed by atoms with van der Waals surface area (Å²) in [6.45, 7) is 2.37. The van der Waals surface area contributed by atoms with E-state index >= 15 is 0 Å². The van der Waals surface area contributed by atoms with Crippen molar-refractivity contribution in [2.45, 2.75) is 19.9 Å². The van der Waals surface area contributed by atoms with Crippen LogP contribution < -0.4 is 0 Å². The summed E-state index contributed by atoms with van der Waals surface area (Å²) < 4.78 is 6.46. The van der Waals surface area contributed by atoms with Gasteiger partial charge in [-0.05, 0) is 18.6 Å². The van der Waals surface area contributed by atoms with Crippen molar-refractivity contribution in [1.29, 1.82) is 0 Å². The molecular formula is C9H13NO2. The fraction of sp³-hybridized carbons (Fsp3) is 0.444. The summed E-state index contributed by atoms with van der Waals surface area (Å²) in [5.74, 6) is -0.207. The Morgan fingerprint density at radius 2 is 2.42 bits per heavy atom. The molecule has 0 aromatic carbocycles. The first-order valence-corrected chi connectivity index (χ1v) is 3.98. The minimum atomic E-state index is -0.207. The Morgan fingerprint density at radius 3 is 3.00 bits per heavy atom. The molecular weight excluding hydrogens is 154 g/mol. The molecule has 3 heteroatoms. The summed E-state index contributed by atoms with van der Waals surface area (Å²) in [6.07, 6.45) is 2.82. The number of esters is 1. The molecule has 0 saturated heterocycles. The van der Waals surface area contributed by atoms with Crippen LogP contribution in [0.25, 0.3) is 0 Å². The highest BCUT2D eigenvalue weighted by Crippen LogP contribution is 2.02. The van der Waals surface area contributed by atoms with Crippen molar-refractivity contribution in [1.82, 2.24) is 4.57 Å². The molecule has 0 aliphatic heterocycles. The average Bonchev–Trinajstić information content (AvgIpc) is 2.51. The van der Waals surface area contributed by atoms with Crippen LogP contribution >= 0.6 is 0 Å². The van der Waals surface area contributed by atoms with Crippen molar-refractivity contribution in [3.63, 3.8) is 0 Å². The highest BCUT2D eigenvalue weighted by atomic mass is 16.5. The van der Waals surface area contributed by atoms with Gasteiger partial charge in [0.25, 0.3) is 0 Å². The Kier molecular flexibility index (Phi) is 2.91. The number of carbonyl (C=O) groups excluding carboxylic acids is 1. The van der Waals surface area contributed by atoms with Gasteiger partial charge in [0.05, 0.1) is 7.11 Å². The summed E-state index contributed by atoms with van der Waals surface area (Å²) in [4.78, 5) is 10.9. The molecule has 1 rings (SSSR count). The van der Waals surface area contributed by atoms with Gasteiger partial charge < -0.3 is 9.30 Å². The van der Waals surface area contributed by atoms with E-state index < -0.39 is 0 Å². The Bertz CT molecular complexity index is 265. The van der Waals surface area contributed by atoms with Crippen molar-refractivity contribution in [2.24, 2.45) is 0 Å². The number of methoxy groups -OCH3 is 1. The summed E-state index contributed by atoms with van der Waals surface area (Å²) in [6, 6.07) is 3.94. The maximum atomic E-state index is 10.9. The van der Waals surface area contributed by atoms with Crippen molar-refractivity contribution < 1.29 is 9.53 Å². The standard InChI is InChI=1S/C9H13NO2/c1-3-8-5-4-6-10(8)7-9(11)12-2/h4-6H,3,7H2,1-2H3. The molecule has 0 aliphatic carbocycles. The van der Waals surface area contributed by atoms with Gasteiger partial charge in [-0.15, -0.1) is 0 Å². The second-order valence-electron chi connectivity index (χ2n) is 2.56. The molecule has 0 atom stereocenters. The zero-order chi connectivity index (χ0) is 8.97. The van der Waals surface area contributed by atoms with E-state index in [0.717, 1.165) is 12.1 Å². The Labute approximate surface area is 72.0 Å². The topological polar surface area (TPSA) is 31.2 Å². The van der Waals surface area contributed by atoms with Crippen molar-refractivity contribution in [2.75, 3.05) is 7.11 Å². The normalized spacial score (nSPS) is 9.83. The minimum Gasteiger partial charge on any atom is -0.468 e. The maximum absolute atomic E-state index is 10.9. The van der Waals surface area contributed by atoms with E-state index in [9.17, 15) is 4.79 Å². The number of ether oxygens (including phenoxy) is 1. The van der Waals surface area contributed by atoms with Crippen LogP contribution in [0.3, 0.4) is 0 Å². The van der Waals surface area contributed by atoms with Crippen LogP contribution in [0.1, 0.15) is 12.6 Å². The monoisotopic (exact) mass is 167 g/mol. The van der Waals surface area contributed by atoms with Crippen molar-refractivity contribution in [3.8, 4) is 0 Å². The number of aromatic nitrogens is 1. The van der Waals surface area contributed by atoms with Gasteiger partial charge >= 0.3 is 5.97 Å². The van der Waals surface area contributed by atoms with E-state index in [1.807, 2.05) is 22.9 Å². The van der Waals surface area contributed by atoms with Crippen LogP contribution in [-0.2, 0) is 22.5 Å². The van der Waals surface area contributed by atoms with Gasteiger partial charge in [0.15, 0.2) is 0 Å². The lowest BCUT2D eigenvalue weighted by Gasteiger charge is -2.04. The van der Waals surface area contributed by atoms with Crippen LogP contribution in [0.5, 0.6) is 0 Å². The summed E-state index contributed by atoms with van der Waals surface area (Å²) in [5.41, 5.74) is 1.15. The summed E-state index contributed by atoms with van der Waals surface area (Å²) in [5, 5.41) is 0. The Hall–Kier alpha value is -1.25. The first kappa shape index (κ1) is 8.84. The fourth-order valence-corrected chi connectivity index (χ4v) is 1.13. The minimum absolute atomic E-state index is 0.207. The van der Waals surface area contributed by atoms with E-state index in [1.165, 1.54) is 7.11 Å². The predicted molar refractivity (Wildman–Crippen MR) is 45.8 cm³/mol. The van der Waals surface area contributed by atoms with Gasteiger partial charge in [0.2, 0.25) is 0 Å². The zero-order valence-electron chi connectivity index (χ0n) is 7.41. The molecule has 0 bridgehead atoms. The smallest absolute Gasteiger partial charge is 0.325 e. The largest absolute Gasteiger partial charge is 0.468 e. The van der Waals surface area contributed by atoms with Gasteiger partial charge in [0, 0.05) is 11.9 Å². The Morgan fingerprint density at radius 1 is 1.67 bits per heavy atom. The van der Waals surface area contributed by atoms with Crippen LogP contribution in [0.4, 0.5) is 0 Å². The Balaban J connectivity index is 2.68. The highest BCUT2D eigenvalue weighted by molar-refractivity contribution is 5.69. The van der Waals surface area contributed by atoms with Crippen molar-refractivity contribution in [3.05, 3.63) is 24.0 Å². The lowest BCUT2D eigenvalue weighted by atomic mass is 10.3. The van der Waals surface area contributed by atoms with Gasteiger partial charge in [0.1, 0.15) is 6.54 Å². The van der Waals surface area contributed by atoms with Gasteiger partial charge in [-0.1, -0.05) is 6.92 Å². The molecule has 0 amide bonds. The number of hydrogen-bond acceptors (Lipinski definition) is 2. The quantitative estimate of drug-likeness (QED) is 0.634. The van der Waals surface area contributed by atoms with Crippen molar-refractivity contribution >= 4 is 5.97 Å². The van der Waals surface area contributed by atoms with E-state index in [2.05, 4.69) is 11.7 Å². The summed E-state index contributed by atoms with van der Waals surface area (Å²) >= 11 is 0. The second-order valence-corrected chi connectivity index (χ2v) is 2.56. The van der Waals surface area contributed by atoms with E-state index in [0.29, 0.717) is 6.54 Å². The number of hydrogen-bond donors (Lipinski definition) is 0. The molecule has 0 saturated carbocycles. The molecule has 1 aromatic heterocycles. The molecule has 1 aromatic rings. The molecule has 0 N–H and O–H groups in total. The lowest BCUT2D eigenvalue weighted by molar-refractivity contribution is -0.141. The number of carbonyl (C=O) groups is 1. The van der Waals surface area contributed by atoms with Crippen LogP contribution in [0, 0.1) is 0 Å². The molecule has 1 heterocycles. The molecule has 3 nitrogen and oxygen atoms in total. The molecule has 0 radical (unpaired) electrons. The molecule has 0 spiro atoms. The number of nitrogens with zero attached hydrogens (tertiary/aromatic N) is 1. The first-order valence-electron chi connectivity index (χ1n) is 3.98. The maximum Gasteiger partial charge on any atom is 0.325 e. The summed E-state index contributed by atoms with van der Waals surface area (Å²) in [7, 11) is 1.40. The van der Waals surface area contributed by atoms with Gasteiger partial charge in [-0.3, -0.25) is 4.79 Å². The van der Waals surface area contributed by atoms with Crippen LogP contribution in [0.15, 0.2) is 18.3 Å². The van der Waals surface area contributed by atoms with E-state index in [4.69, 9.17) is 0 Å². The molecule has 0 aliphatic rings. The SMILES string of the molecule is CCc1cccn1CC(=O)OC. The molecule has 12 heavy (non-hydrogen) atoms. The van der Waals surface area contributed by atoms with Crippen LogP contribution in [-0.4, -0.2) is 17.6 Å². The highest BCUT2D eigenvalue weighted by Gasteiger charge is 2.03. The van der Waals surface area contributed by atoms with Gasteiger partial charge in [-0.25, -0.2) is 0 Å². The molecule has 0 fully saturated rings. The third kappa shape index (κ3) is 1.87. The second kappa shape index (κ2) is 3.95. The fourth-order valence-electron chi connectivity index (χ4n) is 1.13. The molecule has 66 valence electrons. The lowest BCUT2D eigenvalue weighted by Crippen LogP contribution is -2.12. The van der Waals surface area contributed by atoms with Gasteiger partial charge in [-0.2, -0.15) is 0 Å². The number of rotatable bonds is 3. The third-order valence-corrected chi connectivity index (χ3v) is 1.81. The zero-order valence-corrected chi connectivity index (χ0v) is 7.41. The third-order valence-electron chi connectivity index (χ3n) is 1.81. The first-order chi connectivity index (χ1) is 5.77. The number of aryl methyl sites for hydroxylation is 1. The molecule has 0 unspecified atom stereocenters. The van der Waals surface area contributed by atoms with E-state index in [1.54, 1.807) is 0 Å². The predicted octanol–water partition coefficient (Wildman–Crippen LogP) is 1.22.